The van der Waals surface area contributed by atoms with Crippen LogP contribution in [0.2, 0.25) is 0 Å². The normalized spacial score (nSPS) is 10.6. The Hall–Kier alpha value is -2.54. The van der Waals surface area contributed by atoms with E-state index in [-0.39, 0.29) is 12.5 Å². The first kappa shape index (κ1) is 14.4. The van der Waals surface area contributed by atoms with Crippen molar-refractivity contribution in [1.82, 2.24) is 15.2 Å². The fourth-order valence-corrected chi connectivity index (χ4v) is 2.63. The second kappa shape index (κ2) is 6.07. The lowest BCUT2D eigenvalue weighted by Gasteiger charge is -2.06. The third-order valence-corrected chi connectivity index (χ3v) is 3.87. The summed E-state index contributed by atoms with van der Waals surface area (Å²) in [6, 6.07) is 7.49. The van der Waals surface area contributed by atoms with Crippen molar-refractivity contribution in [3.8, 4) is 10.6 Å². The summed E-state index contributed by atoms with van der Waals surface area (Å²) in [6.45, 7) is 3.41. The summed E-state index contributed by atoms with van der Waals surface area (Å²) in [4.78, 5) is 17.6. The monoisotopic (exact) mass is 315 g/mol. The first-order chi connectivity index (χ1) is 10.6. The maximum atomic E-state index is 12.1. The predicted octanol–water partition coefficient (Wildman–Crippen LogP) is 3.17. The van der Waals surface area contributed by atoms with Crippen molar-refractivity contribution in [2.75, 3.05) is 0 Å². The van der Waals surface area contributed by atoms with Crippen LogP contribution < -0.4 is 0 Å². The zero-order valence-corrected chi connectivity index (χ0v) is 12.9. The van der Waals surface area contributed by atoms with Gasteiger partial charge < -0.3 is 9.15 Å². The first-order valence-corrected chi connectivity index (χ1v) is 7.49. The summed E-state index contributed by atoms with van der Waals surface area (Å²) in [7, 11) is 0. The zero-order chi connectivity index (χ0) is 15.5. The van der Waals surface area contributed by atoms with E-state index in [0.29, 0.717) is 17.1 Å². The van der Waals surface area contributed by atoms with Crippen molar-refractivity contribution in [2.24, 2.45) is 0 Å². The highest BCUT2D eigenvalue weighted by Crippen LogP contribution is 2.24. The van der Waals surface area contributed by atoms with Gasteiger partial charge in [-0.05, 0) is 30.5 Å². The molecule has 0 aromatic carbocycles. The molecule has 0 aliphatic rings. The highest BCUT2D eigenvalue weighted by molar-refractivity contribution is 7.13. The summed E-state index contributed by atoms with van der Waals surface area (Å²) in [6.07, 6.45) is 0. The molecule has 22 heavy (non-hydrogen) atoms. The molecule has 0 fully saturated rings. The standard InChI is InChI=1S/C15H13N3O3S/c1-9-11(5-6-12(16-9)13-4-3-7-22-13)15(19)20-8-14-18-17-10(2)21-14/h3-7H,8H2,1-2H3. The molecule has 112 valence electrons. The van der Waals surface area contributed by atoms with Crippen LogP contribution in [-0.2, 0) is 11.3 Å². The van der Waals surface area contributed by atoms with Gasteiger partial charge in [0.2, 0.25) is 5.89 Å². The highest BCUT2D eigenvalue weighted by atomic mass is 32.1. The molecule has 0 bridgehead atoms. The molecule has 3 rings (SSSR count). The highest BCUT2D eigenvalue weighted by Gasteiger charge is 2.14. The van der Waals surface area contributed by atoms with E-state index in [1.807, 2.05) is 23.6 Å². The molecular weight excluding hydrogens is 302 g/mol. The maximum Gasteiger partial charge on any atom is 0.340 e. The van der Waals surface area contributed by atoms with Crippen molar-refractivity contribution in [3.63, 3.8) is 0 Å². The topological polar surface area (TPSA) is 78.1 Å². The van der Waals surface area contributed by atoms with Gasteiger partial charge in [-0.15, -0.1) is 21.5 Å². The van der Waals surface area contributed by atoms with E-state index in [0.717, 1.165) is 10.6 Å². The van der Waals surface area contributed by atoms with Gasteiger partial charge >= 0.3 is 5.97 Å². The number of aryl methyl sites for hydroxylation is 2. The van der Waals surface area contributed by atoms with Crippen molar-refractivity contribution in [1.29, 1.82) is 0 Å². The Morgan fingerprint density at radius 2 is 2.14 bits per heavy atom. The van der Waals surface area contributed by atoms with Gasteiger partial charge in [-0.2, -0.15) is 0 Å². The van der Waals surface area contributed by atoms with E-state index in [2.05, 4.69) is 15.2 Å². The average Bonchev–Trinajstić information content (AvgIpc) is 3.16. The molecule has 0 aliphatic carbocycles. The van der Waals surface area contributed by atoms with Crippen molar-refractivity contribution >= 4 is 17.3 Å². The Morgan fingerprint density at radius 1 is 1.27 bits per heavy atom. The van der Waals surface area contributed by atoms with Crippen LogP contribution in [0.15, 0.2) is 34.1 Å². The van der Waals surface area contributed by atoms with Gasteiger partial charge in [0.25, 0.3) is 5.89 Å². The zero-order valence-electron chi connectivity index (χ0n) is 12.1. The van der Waals surface area contributed by atoms with Crippen LogP contribution >= 0.6 is 11.3 Å². The molecule has 0 spiro atoms. The SMILES string of the molecule is Cc1nnc(COC(=O)c2ccc(-c3cccs3)nc2C)o1. The van der Waals surface area contributed by atoms with E-state index in [4.69, 9.17) is 9.15 Å². The molecule has 0 radical (unpaired) electrons. The number of carbonyl (C=O) groups excluding carboxylic acids is 1. The number of ether oxygens (including phenoxy) is 1. The number of hydrogen-bond acceptors (Lipinski definition) is 7. The van der Waals surface area contributed by atoms with Crippen LogP contribution in [0, 0.1) is 13.8 Å². The summed E-state index contributed by atoms with van der Waals surface area (Å²) in [5.41, 5.74) is 1.89. The Labute approximate surface area is 130 Å². The number of esters is 1. The molecule has 0 atom stereocenters. The van der Waals surface area contributed by atoms with E-state index >= 15 is 0 Å². The molecule has 0 saturated heterocycles. The molecule has 0 aliphatic heterocycles. The number of pyridine rings is 1. The van der Waals surface area contributed by atoms with Crippen LogP contribution in [0.1, 0.15) is 27.8 Å². The molecule has 0 unspecified atom stereocenters. The second-order valence-electron chi connectivity index (χ2n) is 4.60. The van der Waals surface area contributed by atoms with Crippen LogP contribution in [0.3, 0.4) is 0 Å². The largest absolute Gasteiger partial charge is 0.452 e. The smallest absolute Gasteiger partial charge is 0.340 e. The van der Waals surface area contributed by atoms with Gasteiger partial charge in [0.1, 0.15) is 0 Å². The quantitative estimate of drug-likeness (QED) is 0.688. The lowest BCUT2D eigenvalue weighted by atomic mass is 10.2. The Bertz CT molecular complexity index is 796. The summed E-state index contributed by atoms with van der Waals surface area (Å²) in [5, 5.41) is 9.44. The van der Waals surface area contributed by atoms with Gasteiger partial charge in [0.15, 0.2) is 6.61 Å². The van der Waals surface area contributed by atoms with Gasteiger partial charge in [-0.1, -0.05) is 6.07 Å². The Kier molecular flexibility index (Phi) is 3.97. The average molecular weight is 315 g/mol. The molecule has 6 nitrogen and oxygen atoms in total. The van der Waals surface area contributed by atoms with Gasteiger partial charge in [-0.25, -0.2) is 4.79 Å². The number of nitrogens with zero attached hydrogens (tertiary/aromatic N) is 3. The fourth-order valence-electron chi connectivity index (χ4n) is 1.94. The lowest BCUT2D eigenvalue weighted by molar-refractivity contribution is 0.0435. The minimum atomic E-state index is -0.460. The Morgan fingerprint density at radius 3 is 2.77 bits per heavy atom. The third kappa shape index (κ3) is 3.04. The number of thiophene rings is 1. The van der Waals surface area contributed by atoms with Crippen molar-refractivity contribution in [3.05, 3.63) is 52.7 Å². The molecule has 0 N–H and O–H groups in total. The van der Waals surface area contributed by atoms with Gasteiger partial charge in [-0.3, -0.25) is 4.98 Å². The number of rotatable bonds is 4. The number of carbonyl (C=O) groups is 1. The van der Waals surface area contributed by atoms with Crippen LogP contribution in [0.5, 0.6) is 0 Å². The molecular formula is C15H13N3O3S. The van der Waals surface area contributed by atoms with Gasteiger partial charge in [0, 0.05) is 6.92 Å². The van der Waals surface area contributed by atoms with E-state index < -0.39 is 5.97 Å². The van der Waals surface area contributed by atoms with Crippen molar-refractivity contribution < 1.29 is 13.9 Å². The van der Waals surface area contributed by atoms with Crippen LogP contribution in [-0.4, -0.2) is 21.2 Å². The second-order valence-corrected chi connectivity index (χ2v) is 5.55. The minimum absolute atomic E-state index is 0.0498. The van der Waals surface area contributed by atoms with Crippen LogP contribution in [0.25, 0.3) is 10.6 Å². The van der Waals surface area contributed by atoms with Crippen LogP contribution in [0.4, 0.5) is 0 Å². The first-order valence-electron chi connectivity index (χ1n) is 6.61. The number of aromatic nitrogens is 3. The van der Waals surface area contributed by atoms with E-state index in [1.165, 1.54) is 0 Å². The molecule has 3 aromatic heterocycles. The molecule has 0 amide bonds. The summed E-state index contributed by atoms with van der Waals surface area (Å²) >= 11 is 1.60. The van der Waals surface area contributed by atoms with E-state index in [9.17, 15) is 4.79 Å². The molecule has 0 saturated carbocycles. The van der Waals surface area contributed by atoms with Crippen molar-refractivity contribution in [2.45, 2.75) is 20.5 Å². The van der Waals surface area contributed by atoms with E-state index in [1.54, 1.807) is 31.3 Å². The molecule has 3 heterocycles. The Balaban J connectivity index is 1.72. The summed E-state index contributed by atoms with van der Waals surface area (Å²) in [5.74, 6) is 0.245. The number of hydrogen-bond donors (Lipinski definition) is 0. The lowest BCUT2D eigenvalue weighted by Crippen LogP contribution is -2.08. The molecule has 7 heteroatoms. The maximum absolute atomic E-state index is 12.1. The minimum Gasteiger partial charge on any atom is -0.452 e. The third-order valence-electron chi connectivity index (χ3n) is 2.97. The predicted molar refractivity (Wildman–Crippen MR) is 80.4 cm³/mol. The fraction of sp³-hybridized carbons (Fsp3) is 0.200. The molecule has 3 aromatic rings. The van der Waals surface area contributed by atoms with Gasteiger partial charge in [0.05, 0.1) is 21.8 Å². The summed E-state index contributed by atoms with van der Waals surface area (Å²) < 4.78 is 10.3.